The molecule has 1 aromatic rings. The topological polar surface area (TPSA) is 61.8 Å². The van der Waals surface area contributed by atoms with Crippen LogP contribution in [0.4, 0.5) is 0 Å². The number of hydrogen-bond acceptors (Lipinski definition) is 4. The summed E-state index contributed by atoms with van der Waals surface area (Å²) in [6, 6.07) is 9.59. The summed E-state index contributed by atoms with van der Waals surface area (Å²) >= 11 is 0. The SMILES string of the molecule is CC1(C)C(=O)NCCN1[C@H]1CCC[C@@H](Oc2ccccc2)[C@@H]1O. The number of aliphatic hydroxyl groups excluding tert-OH is 1. The van der Waals surface area contributed by atoms with Crippen LogP contribution in [0.1, 0.15) is 33.1 Å². The van der Waals surface area contributed by atoms with Crippen LogP contribution in [0, 0.1) is 0 Å². The Hall–Kier alpha value is -1.59. The van der Waals surface area contributed by atoms with E-state index in [1.54, 1.807) is 0 Å². The number of rotatable bonds is 3. The third kappa shape index (κ3) is 3.21. The maximum Gasteiger partial charge on any atom is 0.240 e. The number of benzene rings is 1. The molecule has 0 unspecified atom stereocenters. The largest absolute Gasteiger partial charge is 0.488 e. The van der Waals surface area contributed by atoms with Crippen LogP contribution in [0.3, 0.4) is 0 Å². The number of carbonyl (C=O) groups is 1. The highest BCUT2D eigenvalue weighted by Crippen LogP contribution is 2.32. The number of aliphatic hydroxyl groups is 1. The van der Waals surface area contributed by atoms with Gasteiger partial charge in [-0.15, -0.1) is 0 Å². The predicted octanol–water partition coefficient (Wildman–Crippen LogP) is 1.56. The molecule has 1 aliphatic carbocycles. The Morgan fingerprint density at radius 3 is 2.74 bits per heavy atom. The highest BCUT2D eigenvalue weighted by Gasteiger charge is 2.46. The van der Waals surface area contributed by atoms with Crippen LogP contribution in [0.25, 0.3) is 0 Å². The molecule has 3 atom stereocenters. The van der Waals surface area contributed by atoms with Gasteiger partial charge in [0.1, 0.15) is 18.0 Å². The van der Waals surface area contributed by atoms with E-state index in [4.69, 9.17) is 4.74 Å². The third-order valence-electron chi connectivity index (χ3n) is 5.11. The van der Waals surface area contributed by atoms with Crippen LogP contribution in [0.5, 0.6) is 5.75 Å². The Morgan fingerprint density at radius 2 is 2.00 bits per heavy atom. The monoisotopic (exact) mass is 318 g/mol. The molecule has 1 aromatic carbocycles. The van der Waals surface area contributed by atoms with E-state index >= 15 is 0 Å². The van der Waals surface area contributed by atoms with E-state index in [1.165, 1.54) is 0 Å². The molecule has 2 N–H and O–H groups in total. The van der Waals surface area contributed by atoms with Gasteiger partial charge in [-0.05, 0) is 45.2 Å². The molecule has 5 nitrogen and oxygen atoms in total. The number of para-hydroxylation sites is 1. The molecule has 1 heterocycles. The molecule has 0 aromatic heterocycles. The average Bonchev–Trinajstić information content (AvgIpc) is 2.54. The van der Waals surface area contributed by atoms with Crippen LogP contribution in [0.2, 0.25) is 0 Å². The van der Waals surface area contributed by atoms with E-state index in [1.807, 2.05) is 44.2 Å². The number of hydrogen-bond donors (Lipinski definition) is 2. The maximum absolute atomic E-state index is 12.2. The van der Waals surface area contributed by atoms with Crippen molar-refractivity contribution in [3.8, 4) is 5.75 Å². The molecular formula is C18H26N2O3. The Kier molecular flexibility index (Phi) is 4.60. The average molecular weight is 318 g/mol. The molecule has 3 rings (SSSR count). The summed E-state index contributed by atoms with van der Waals surface area (Å²) in [6.45, 7) is 5.25. The number of amides is 1. The number of nitrogens with one attached hydrogen (secondary N) is 1. The maximum atomic E-state index is 12.2. The van der Waals surface area contributed by atoms with Gasteiger partial charge in [0.2, 0.25) is 5.91 Å². The molecule has 0 spiro atoms. The molecule has 2 fully saturated rings. The van der Waals surface area contributed by atoms with Crippen molar-refractivity contribution in [1.29, 1.82) is 0 Å². The highest BCUT2D eigenvalue weighted by atomic mass is 16.5. The van der Waals surface area contributed by atoms with E-state index in [-0.39, 0.29) is 18.1 Å². The fraction of sp³-hybridized carbons (Fsp3) is 0.611. The zero-order valence-electron chi connectivity index (χ0n) is 13.9. The fourth-order valence-corrected chi connectivity index (χ4v) is 3.76. The van der Waals surface area contributed by atoms with Gasteiger partial charge in [0.05, 0.1) is 5.54 Å². The van der Waals surface area contributed by atoms with Gasteiger partial charge in [-0.2, -0.15) is 0 Å². The highest BCUT2D eigenvalue weighted by molar-refractivity contribution is 5.86. The van der Waals surface area contributed by atoms with Gasteiger partial charge in [-0.1, -0.05) is 18.2 Å². The van der Waals surface area contributed by atoms with Crippen molar-refractivity contribution >= 4 is 5.91 Å². The first kappa shape index (κ1) is 16.3. The van der Waals surface area contributed by atoms with E-state index in [0.717, 1.165) is 31.6 Å². The normalized spacial score (nSPS) is 31.4. The van der Waals surface area contributed by atoms with E-state index < -0.39 is 11.6 Å². The Balaban J connectivity index is 1.74. The van der Waals surface area contributed by atoms with Crippen molar-refractivity contribution in [2.24, 2.45) is 0 Å². The standard InChI is InChI=1S/C18H26N2O3/c1-18(2)17(22)19-11-12-20(18)14-9-6-10-15(16(14)21)23-13-7-4-3-5-8-13/h3-5,7-8,14-16,21H,6,9-12H2,1-2H3,(H,19,22)/t14-,15+,16+/m0/s1. The van der Waals surface area contributed by atoms with Crippen molar-refractivity contribution in [3.63, 3.8) is 0 Å². The minimum absolute atomic E-state index is 0.0297. The quantitative estimate of drug-likeness (QED) is 0.888. The Bertz CT molecular complexity index is 546. The molecule has 1 aliphatic heterocycles. The van der Waals surface area contributed by atoms with Crippen LogP contribution in [-0.2, 0) is 4.79 Å². The van der Waals surface area contributed by atoms with Crippen LogP contribution in [-0.4, -0.2) is 52.8 Å². The first-order valence-corrected chi connectivity index (χ1v) is 8.45. The van der Waals surface area contributed by atoms with Gasteiger partial charge >= 0.3 is 0 Å². The van der Waals surface area contributed by atoms with E-state index in [9.17, 15) is 9.90 Å². The van der Waals surface area contributed by atoms with Gasteiger partial charge in [-0.25, -0.2) is 0 Å². The van der Waals surface area contributed by atoms with Gasteiger partial charge < -0.3 is 15.2 Å². The van der Waals surface area contributed by atoms with Crippen molar-refractivity contribution in [1.82, 2.24) is 10.2 Å². The summed E-state index contributed by atoms with van der Waals surface area (Å²) in [5.74, 6) is 0.815. The molecular weight excluding hydrogens is 292 g/mol. The van der Waals surface area contributed by atoms with Gasteiger partial charge in [0.25, 0.3) is 0 Å². The van der Waals surface area contributed by atoms with Crippen molar-refractivity contribution in [2.75, 3.05) is 13.1 Å². The fourth-order valence-electron chi connectivity index (χ4n) is 3.76. The van der Waals surface area contributed by atoms with E-state index in [0.29, 0.717) is 6.54 Å². The zero-order valence-corrected chi connectivity index (χ0v) is 13.9. The molecule has 5 heteroatoms. The van der Waals surface area contributed by atoms with Gasteiger partial charge in [0.15, 0.2) is 0 Å². The lowest BCUT2D eigenvalue weighted by Crippen LogP contribution is -2.68. The summed E-state index contributed by atoms with van der Waals surface area (Å²) in [4.78, 5) is 14.3. The molecule has 0 radical (unpaired) electrons. The van der Waals surface area contributed by atoms with Gasteiger partial charge in [0, 0.05) is 19.1 Å². The minimum atomic E-state index is -0.599. The first-order valence-electron chi connectivity index (χ1n) is 8.45. The molecule has 126 valence electrons. The third-order valence-corrected chi connectivity index (χ3v) is 5.11. The Labute approximate surface area is 137 Å². The predicted molar refractivity (Wildman–Crippen MR) is 88.3 cm³/mol. The lowest BCUT2D eigenvalue weighted by atomic mass is 9.85. The summed E-state index contributed by atoms with van der Waals surface area (Å²) in [7, 11) is 0. The second-order valence-corrected chi connectivity index (χ2v) is 6.97. The number of piperazine rings is 1. The van der Waals surface area contributed by atoms with Gasteiger partial charge in [-0.3, -0.25) is 9.69 Å². The van der Waals surface area contributed by atoms with Crippen molar-refractivity contribution < 1.29 is 14.6 Å². The molecule has 0 bridgehead atoms. The lowest BCUT2D eigenvalue weighted by Gasteiger charge is -2.49. The molecule has 1 saturated heterocycles. The summed E-state index contributed by atoms with van der Waals surface area (Å²) in [5, 5.41) is 13.8. The number of carbonyl (C=O) groups excluding carboxylic acids is 1. The minimum Gasteiger partial charge on any atom is -0.488 e. The molecule has 1 saturated carbocycles. The molecule has 2 aliphatic rings. The number of ether oxygens (including phenoxy) is 1. The molecule has 23 heavy (non-hydrogen) atoms. The second-order valence-electron chi connectivity index (χ2n) is 6.97. The van der Waals surface area contributed by atoms with Crippen molar-refractivity contribution in [2.45, 2.75) is 56.9 Å². The van der Waals surface area contributed by atoms with Crippen LogP contribution in [0.15, 0.2) is 30.3 Å². The first-order chi connectivity index (χ1) is 11.0. The number of nitrogens with zero attached hydrogens (tertiary/aromatic N) is 1. The van der Waals surface area contributed by atoms with Crippen molar-refractivity contribution in [3.05, 3.63) is 30.3 Å². The Morgan fingerprint density at radius 1 is 1.26 bits per heavy atom. The smallest absolute Gasteiger partial charge is 0.240 e. The lowest BCUT2D eigenvalue weighted by molar-refractivity contribution is -0.144. The zero-order chi connectivity index (χ0) is 16.4. The van der Waals surface area contributed by atoms with Crippen LogP contribution >= 0.6 is 0 Å². The summed E-state index contributed by atoms with van der Waals surface area (Å²) < 4.78 is 6.01. The molecule has 1 amide bonds. The van der Waals surface area contributed by atoms with Crippen LogP contribution < -0.4 is 10.1 Å². The summed E-state index contributed by atoms with van der Waals surface area (Å²) in [6.07, 6.45) is 1.92. The summed E-state index contributed by atoms with van der Waals surface area (Å²) in [5.41, 5.74) is -0.599. The second kappa shape index (κ2) is 6.49. The van der Waals surface area contributed by atoms with E-state index in [2.05, 4.69) is 10.2 Å².